The van der Waals surface area contributed by atoms with Gasteiger partial charge in [-0.05, 0) is 11.6 Å². The van der Waals surface area contributed by atoms with Gasteiger partial charge in [0, 0.05) is 12.4 Å². The number of hydrogen-bond donors (Lipinski definition) is 0. The molecule has 0 aliphatic heterocycles. The zero-order valence-corrected chi connectivity index (χ0v) is 5.71. The predicted molar refractivity (Wildman–Crippen MR) is 35.0 cm³/mol. The molecule has 0 atom stereocenters. The first-order valence-electron chi connectivity index (χ1n) is 3.07. The van der Waals surface area contributed by atoms with Gasteiger partial charge in [0.1, 0.15) is 0 Å². The van der Waals surface area contributed by atoms with Crippen LogP contribution in [0.3, 0.4) is 0 Å². The van der Waals surface area contributed by atoms with Crippen LogP contribution in [0.25, 0.3) is 0 Å². The topological polar surface area (TPSA) is 22.1 Å². The number of nitrogens with zero attached hydrogens (tertiary/aromatic N) is 1. The average Bonchev–Trinajstić information content (AvgIpc) is 2.03. The predicted octanol–water partition coefficient (Wildman–Crippen LogP) is 1.82. The van der Waals surface area contributed by atoms with Crippen molar-refractivity contribution in [1.29, 1.82) is 0 Å². The van der Waals surface area contributed by atoms with Crippen molar-refractivity contribution in [3.63, 3.8) is 0 Å². The molecule has 0 fully saturated rings. The number of pyridine rings is 1. The van der Waals surface area contributed by atoms with E-state index in [1.165, 1.54) is 6.20 Å². The second-order valence-corrected chi connectivity index (χ2v) is 1.93. The van der Waals surface area contributed by atoms with E-state index in [-0.39, 0.29) is 6.61 Å². The number of rotatable bonds is 3. The van der Waals surface area contributed by atoms with Crippen LogP contribution >= 0.6 is 0 Å². The molecule has 0 amide bonds. The summed E-state index contributed by atoms with van der Waals surface area (Å²) < 4.78 is 27.0. The Bertz CT molecular complexity index is 203. The van der Waals surface area contributed by atoms with E-state index in [9.17, 15) is 8.78 Å². The van der Waals surface area contributed by atoms with E-state index in [4.69, 9.17) is 0 Å². The minimum absolute atomic E-state index is 0.0918. The van der Waals surface area contributed by atoms with E-state index >= 15 is 0 Å². The lowest BCUT2D eigenvalue weighted by atomic mass is 10.3. The third-order valence-corrected chi connectivity index (χ3v) is 1.10. The lowest BCUT2D eigenvalue weighted by Crippen LogP contribution is -1.98. The number of aromatic nitrogens is 1. The molecular formula is C7H7F2NO. The van der Waals surface area contributed by atoms with Crippen molar-refractivity contribution in [2.24, 2.45) is 0 Å². The number of ether oxygens (including phenoxy) is 1. The number of halogens is 2. The van der Waals surface area contributed by atoms with Crippen molar-refractivity contribution >= 4 is 0 Å². The molecule has 2 nitrogen and oxygen atoms in total. The molecule has 1 rings (SSSR count). The van der Waals surface area contributed by atoms with E-state index in [2.05, 4.69) is 9.72 Å². The Morgan fingerprint density at radius 2 is 2.36 bits per heavy atom. The zero-order valence-electron chi connectivity index (χ0n) is 5.71. The van der Waals surface area contributed by atoms with Crippen LogP contribution in [0.4, 0.5) is 8.78 Å². The first-order chi connectivity index (χ1) is 5.29. The monoisotopic (exact) mass is 159 g/mol. The van der Waals surface area contributed by atoms with Gasteiger partial charge in [0.05, 0.1) is 6.61 Å². The fourth-order valence-electron chi connectivity index (χ4n) is 0.643. The molecule has 0 radical (unpaired) electrons. The first kappa shape index (κ1) is 8.07. The molecule has 0 aliphatic carbocycles. The molecule has 1 heterocycles. The standard InChI is InChI=1S/C7H7F2NO/c8-7(9)11-5-6-2-1-3-10-4-6/h1-4,7H,5H2. The number of hydrogen-bond acceptors (Lipinski definition) is 2. The molecule has 0 unspecified atom stereocenters. The fourth-order valence-corrected chi connectivity index (χ4v) is 0.643. The van der Waals surface area contributed by atoms with Gasteiger partial charge in [0.2, 0.25) is 0 Å². The van der Waals surface area contributed by atoms with E-state index < -0.39 is 6.61 Å². The molecule has 0 bridgehead atoms. The minimum atomic E-state index is -2.71. The molecule has 0 saturated heterocycles. The van der Waals surface area contributed by atoms with Crippen LogP contribution in [0.5, 0.6) is 0 Å². The summed E-state index contributed by atoms with van der Waals surface area (Å²) in [5, 5.41) is 0. The Morgan fingerprint density at radius 3 is 2.91 bits per heavy atom. The fraction of sp³-hybridized carbons (Fsp3) is 0.286. The van der Waals surface area contributed by atoms with Crippen LogP contribution in [0, 0.1) is 0 Å². The molecular weight excluding hydrogens is 152 g/mol. The number of alkyl halides is 2. The van der Waals surface area contributed by atoms with Crippen LogP contribution in [0.15, 0.2) is 24.5 Å². The van der Waals surface area contributed by atoms with Crippen LogP contribution in [0.2, 0.25) is 0 Å². The van der Waals surface area contributed by atoms with Gasteiger partial charge in [0.15, 0.2) is 0 Å². The molecule has 1 aromatic heterocycles. The molecule has 11 heavy (non-hydrogen) atoms. The summed E-state index contributed by atoms with van der Waals surface area (Å²) in [4.78, 5) is 3.74. The summed E-state index contributed by atoms with van der Waals surface area (Å²) in [6.45, 7) is -2.80. The van der Waals surface area contributed by atoms with Crippen molar-refractivity contribution in [3.05, 3.63) is 30.1 Å². The van der Waals surface area contributed by atoms with Gasteiger partial charge < -0.3 is 4.74 Å². The van der Waals surface area contributed by atoms with Crippen LogP contribution in [-0.4, -0.2) is 11.6 Å². The molecule has 0 aliphatic rings. The van der Waals surface area contributed by atoms with Gasteiger partial charge >= 0.3 is 6.61 Å². The van der Waals surface area contributed by atoms with Gasteiger partial charge in [-0.25, -0.2) is 0 Å². The summed E-state index contributed by atoms with van der Waals surface area (Å²) in [6, 6.07) is 3.35. The summed E-state index contributed by atoms with van der Waals surface area (Å²) in [6.07, 6.45) is 3.06. The summed E-state index contributed by atoms with van der Waals surface area (Å²) >= 11 is 0. The van der Waals surface area contributed by atoms with E-state index in [0.29, 0.717) is 5.56 Å². The Balaban J connectivity index is 2.39. The van der Waals surface area contributed by atoms with Crippen molar-refractivity contribution < 1.29 is 13.5 Å². The second-order valence-electron chi connectivity index (χ2n) is 1.93. The average molecular weight is 159 g/mol. The summed E-state index contributed by atoms with van der Waals surface area (Å²) in [5.74, 6) is 0. The summed E-state index contributed by atoms with van der Waals surface area (Å²) in [7, 11) is 0. The van der Waals surface area contributed by atoms with Crippen molar-refractivity contribution in [1.82, 2.24) is 4.98 Å². The first-order valence-corrected chi connectivity index (χ1v) is 3.07. The molecule has 1 aromatic rings. The van der Waals surface area contributed by atoms with E-state index in [1.807, 2.05) is 0 Å². The van der Waals surface area contributed by atoms with Crippen molar-refractivity contribution in [3.8, 4) is 0 Å². The second kappa shape index (κ2) is 3.98. The van der Waals surface area contributed by atoms with Crippen LogP contribution < -0.4 is 0 Å². The third-order valence-electron chi connectivity index (χ3n) is 1.10. The lowest BCUT2D eigenvalue weighted by molar-refractivity contribution is -0.137. The smallest absolute Gasteiger partial charge is 0.318 e. The zero-order chi connectivity index (χ0) is 8.10. The molecule has 0 aromatic carbocycles. The molecule has 0 spiro atoms. The highest BCUT2D eigenvalue weighted by atomic mass is 19.3. The summed E-state index contributed by atoms with van der Waals surface area (Å²) in [5.41, 5.74) is 0.646. The minimum Gasteiger partial charge on any atom is -0.318 e. The maximum Gasteiger partial charge on any atom is 0.345 e. The highest BCUT2D eigenvalue weighted by Crippen LogP contribution is 2.02. The van der Waals surface area contributed by atoms with Gasteiger partial charge in [0.25, 0.3) is 0 Å². The Kier molecular flexibility index (Phi) is 2.92. The van der Waals surface area contributed by atoms with E-state index in [1.54, 1.807) is 18.3 Å². The SMILES string of the molecule is FC(F)OCc1cccnc1. The Morgan fingerprint density at radius 1 is 1.55 bits per heavy atom. The van der Waals surface area contributed by atoms with Crippen molar-refractivity contribution in [2.75, 3.05) is 0 Å². The highest BCUT2D eigenvalue weighted by Gasteiger charge is 2.00. The van der Waals surface area contributed by atoms with Crippen LogP contribution in [-0.2, 0) is 11.3 Å². The maximum absolute atomic E-state index is 11.5. The maximum atomic E-state index is 11.5. The quantitative estimate of drug-likeness (QED) is 0.671. The normalized spacial score (nSPS) is 10.5. The largest absolute Gasteiger partial charge is 0.345 e. The highest BCUT2D eigenvalue weighted by molar-refractivity contribution is 5.06. The van der Waals surface area contributed by atoms with Gasteiger partial charge in [-0.1, -0.05) is 6.07 Å². The van der Waals surface area contributed by atoms with Gasteiger partial charge in [-0.2, -0.15) is 8.78 Å². The Labute approximate surface area is 62.8 Å². The Hall–Kier alpha value is -1.03. The molecule has 0 saturated carbocycles. The third kappa shape index (κ3) is 3.04. The van der Waals surface area contributed by atoms with E-state index in [0.717, 1.165) is 0 Å². The van der Waals surface area contributed by atoms with Gasteiger partial charge in [-0.3, -0.25) is 4.98 Å². The molecule has 4 heteroatoms. The molecule has 60 valence electrons. The van der Waals surface area contributed by atoms with Crippen molar-refractivity contribution in [2.45, 2.75) is 13.2 Å². The van der Waals surface area contributed by atoms with Crippen LogP contribution in [0.1, 0.15) is 5.56 Å². The molecule has 0 N–H and O–H groups in total. The van der Waals surface area contributed by atoms with Gasteiger partial charge in [-0.15, -0.1) is 0 Å². The lowest BCUT2D eigenvalue weighted by Gasteiger charge is -2.00.